The monoisotopic (exact) mass is 467 g/mol. The Bertz CT molecular complexity index is 1300. The van der Waals surface area contributed by atoms with Crippen molar-refractivity contribution in [1.29, 1.82) is 0 Å². The molecular weight excluding hydrogens is 454 g/mol. The molecule has 0 radical (unpaired) electrons. The fourth-order valence-corrected chi connectivity index (χ4v) is 3.32. The predicted molar refractivity (Wildman–Crippen MR) is 116 cm³/mol. The molecule has 0 atom stereocenters. The van der Waals surface area contributed by atoms with Crippen LogP contribution in [0.15, 0.2) is 68.5 Å². The van der Waals surface area contributed by atoms with Crippen LogP contribution >= 0.6 is 15.9 Å². The molecule has 1 N–H and O–H groups in total. The van der Waals surface area contributed by atoms with Crippen molar-refractivity contribution in [2.45, 2.75) is 0 Å². The van der Waals surface area contributed by atoms with Gasteiger partial charge >= 0.3 is 0 Å². The molecule has 0 aliphatic carbocycles. The van der Waals surface area contributed by atoms with Gasteiger partial charge in [0.2, 0.25) is 5.89 Å². The zero-order chi connectivity index (χ0) is 21.3. The summed E-state index contributed by atoms with van der Waals surface area (Å²) in [5.41, 5.74) is 2.52. The molecule has 0 aliphatic heterocycles. The number of oxazole rings is 1. The summed E-state index contributed by atoms with van der Waals surface area (Å²) in [6, 6.07) is 15.2. The van der Waals surface area contributed by atoms with Crippen molar-refractivity contribution in [1.82, 2.24) is 4.98 Å². The molecule has 150 valence electrons. The van der Waals surface area contributed by atoms with Crippen LogP contribution in [0.5, 0.6) is 11.5 Å². The number of halogens is 1. The normalized spacial score (nSPS) is 11.3. The molecule has 0 fully saturated rings. The van der Waals surface area contributed by atoms with Gasteiger partial charge in [-0.1, -0.05) is 12.1 Å². The van der Waals surface area contributed by atoms with Gasteiger partial charge in [0, 0.05) is 22.3 Å². The van der Waals surface area contributed by atoms with Crippen molar-refractivity contribution in [3.05, 3.63) is 74.7 Å². The van der Waals surface area contributed by atoms with Gasteiger partial charge in [0.1, 0.15) is 5.52 Å². The fourth-order valence-electron chi connectivity index (χ4n) is 2.86. The molecule has 0 bridgehead atoms. The Labute approximate surface area is 178 Å². The van der Waals surface area contributed by atoms with Crippen LogP contribution in [0, 0.1) is 10.1 Å². The fraction of sp³-hybridized carbons (Fsp3) is 0.0476. The average molecular weight is 468 g/mol. The summed E-state index contributed by atoms with van der Waals surface area (Å²) in [6.07, 6.45) is 1.33. The van der Waals surface area contributed by atoms with Crippen molar-refractivity contribution in [2.24, 2.45) is 4.99 Å². The third kappa shape index (κ3) is 3.74. The molecule has 0 amide bonds. The number of nitrogens with zero attached hydrogens (tertiary/aromatic N) is 3. The highest BCUT2D eigenvalue weighted by Crippen LogP contribution is 2.34. The van der Waals surface area contributed by atoms with E-state index in [9.17, 15) is 15.2 Å². The van der Waals surface area contributed by atoms with Gasteiger partial charge in [-0.25, -0.2) is 4.98 Å². The zero-order valence-corrected chi connectivity index (χ0v) is 17.2. The van der Waals surface area contributed by atoms with Gasteiger partial charge < -0.3 is 14.3 Å². The summed E-state index contributed by atoms with van der Waals surface area (Å²) in [7, 11) is 1.32. The highest BCUT2D eigenvalue weighted by atomic mass is 79.9. The van der Waals surface area contributed by atoms with Crippen LogP contribution in [-0.2, 0) is 0 Å². The number of methoxy groups -OCH3 is 1. The first kappa shape index (κ1) is 19.6. The van der Waals surface area contributed by atoms with E-state index >= 15 is 0 Å². The van der Waals surface area contributed by atoms with Crippen molar-refractivity contribution in [3.8, 4) is 23.0 Å². The highest BCUT2D eigenvalue weighted by molar-refractivity contribution is 9.10. The minimum absolute atomic E-state index is 0.00400. The van der Waals surface area contributed by atoms with Crippen molar-refractivity contribution in [2.75, 3.05) is 7.11 Å². The van der Waals surface area contributed by atoms with Crippen LogP contribution in [0.2, 0.25) is 0 Å². The van der Waals surface area contributed by atoms with E-state index in [1.54, 1.807) is 18.2 Å². The summed E-state index contributed by atoms with van der Waals surface area (Å²) < 4.78 is 11.7. The van der Waals surface area contributed by atoms with E-state index in [0.29, 0.717) is 22.7 Å². The van der Waals surface area contributed by atoms with Gasteiger partial charge in [-0.3, -0.25) is 15.1 Å². The number of benzene rings is 3. The minimum atomic E-state index is -0.565. The van der Waals surface area contributed by atoms with Crippen LogP contribution < -0.4 is 4.74 Å². The maximum Gasteiger partial charge on any atom is 0.274 e. The lowest BCUT2D eigenvalue weighted by Crippen LogP contribution is -1.94. The van der Waals surface area contributed by atoms with Crippen molar-refractivity contribution >= 4 is 44.6 Å². The van der Waals surface area contributed by atoms with Crippen molar-refractivity contribution < 1.29 is 19.2 Å². The lowest BCUT2D eigenvalue weighted by molar-refractivity contribution is -0.385. The van der Waals surface area contributed by atoms with E-state index < -0.39 is 4.92 Å². The van der Waals surface area contributed by atoms with Crippen LogP contribution in [-0.4, -0.2) is 28.3 Å². The topological polar surface area (TPSA) is 111 Å². The number of nitro groups is 1. The first-order valence-corrected chi connectivity index (χ1v) is 9.50. The van der Waals surface area contributed by atoms with Crippen LogP contribution in [0.1, 0.15) is 5.56 Å². The molecule has 0 aliphatic rings. The first-order chi connectivity index (χ1) is 14.5. The number of fused-ring (bicyclic) bond motifs is 1. The Morgan fingerprint density at radius 3 is 2.77 bits per heavy atom. The van der Waals surface area contributed by atoms with Gasteiger partial charge in [-0.15, -0.1) is 0 Å². The second-order valence-electron chi connectivity index (χ2n) is 6.25. The smallest absolute Gasteiger partial charge is 0.274 e. The Hall–Kier alpha value is -3.72. The number of phenolic OH excluding ortho intramolecular Hbond substituents is 1. The Morgan fingerprint density at radius 1 is 1.23 bits per heavy atom. The molecule has 0 saturated carbocycles. The largest absolute Gasteiger partial charge is 0.504 e. The molecule has 0 saturated heterocycles. The molecule has 30 heavy (non-hydrogen) atoms. The molecular formula is C21H14BrN3O5. The number of hydrogen-bond donors (Lipinski definition) is 1. The summed E-state index contributed by atoms with van der Waals surface area (Å²) in [4.78, 5) is 19.4. The van der Waals surface area contributed by atoms with Gasteiger partial charge in [0.05, 0.1) is 29.4 Å². The Morgan fingerprint density at radius 2 is 2.03 bits per heavy atom. The molecule has 4 aromatic rings. The SMILES string of the molecule is COc1cc([N+](=O)[O-])cc(C=Nc2ccc3oc(-c4ccccc4Br)nc3c2)c1O. The first-order valence-electron chi connectivity index (χ1n) is 8.71. The standard InChI is InChI=1S/C21H14BrN3O5/c1-29-19-10-14(25(27)28)8-12(20(19)26)11-23-13-6-7-18-17(9-13)24-21(30-18)15-4-2-3-5-16(15)22/h2-11,26H,1H3. The molecule has 0 unspecified atom stereocenters. The molecule has 4 rings (SSSR count). The van der Waals surface area contributed by atoms with Crippen LogP contribution in [0.4, 0.5) is 11.4 Å². The second-order valence-corrected chi connectivity index (χ2v) is 7.11. The Kier molecular flexibility index (Phi) is 5.20. The number of phenols is 1. The average Bonchev–Trinajstić information content (AvgIpc) is 3.16. The van der Waals surface area contributed by atoms with E-state index in [-0.39, 0.29) is 22.7 Å². The number of non-ortho nitro benzene ring substituents is 1. The number of aromatic hydroxyl groups is 1. The van der Waals surface area contributed by atoms with E-state index in [4.69, 9.17) is 9.15 Å². The zero-order valence-electron chi connectivity index (χ0n) is 15.6. The summed E-state index contributed by atoms with van der Waals surface area (Å²) >= 11 is 3.48. The number of aromatic nitrogens is 1. The molecule has 3 aromatic carbocycles. The third-order valence-electron chi connectivity index (χ3n) is 4.35. The molecule has 9 heteroatoms. The van der Waals surface area contributed by atoms with E-state index in [1.807, 2.05) is 24.3 Å². The number of ether oxygens (including phenoxy) is 1. The third-order valence-corrected chi connectivity index (χ3v) is 5.04. The van der Waals surface area contributed by atoms with Gasteiger partial charge in [0.15, 0.2) is 17.1 Å². The number of rotatable bonds is 5. The molecule has 0 spiro atoms. The van der Waals surface area contributed by atoms with Crippen LogP contribution in [0.25, 0.3) is 22.6 Å². The summed E-state index contributed by atoms with van der Waals surface area (Å²) in [5.74, 6) is 0.237. The van der Waals surface area contributed by atoms with Gasteiger partial charge in [0.25, 0.3) is 5.69 Å². The number of aliphatic imine (C=N–C) groups is 1. The maximum atomic E-state index is 11.1. The number of hydrogen-bond acceptors (Lipinski definition) is 7. The molecule has 1 heterocycles. The second kappa shape index (κ2) is 7.96. The van der Waals surface area contributed by atoms with E-state index in [2.05, 4.69) is 25.9 Å². The van der Waals surface area contributed by atoms with Gasteiger partial charge in [-0.2, -0.15) is 0 Å². The highest BCUT2D eigenvalue weighted by Gasteiger charge is 2.16. The van der Waals surface area contributed by atoms with E-state index in [1.165, 1.54) is 19.4 Å². The van der Waals surface area contributed by atoms with Crippen molar-refractivity contribution in [3.63, 3.8) is 0 Å². The number of nitro benzene ring substituents is 1. The lowest BCUT2D eigenvalue weighted by Gasteiger charge is -2.05. The quantitative estimate of drug-likeness (QED) is 0.231. The summed E-state index contributed by atoms with van der Waals surface area (Å²) in [5, 5.41) is 21.3. The minimum Gasteiger partial charge on any atom is -0.504 e. The lowest BCUT2D eigenvalue weighted by atomic mass is 10.1. The summed E-state index contributed by atoms with van der Waals surface area (Å²) in [6.45, 7) is 0. The molecule has 8 nitrogen and oxygen atoms in total. The van der Waals surface area contributed by atoms with E-state index in [0.717, 1.165) is 16.1 Å². The maximum absolute atomic E-state index is 11.1. The Balaban J connectivity index is 1.69. The molecule has 1 aromatic heterocycles. The van der Waals surface area contributed by atoms with Gasteiger partial charge in [-0.05, 0) is 46.3 Å². The predicted octanol–water partition coefficient (Wildman–Crippen LogP) is 5.63. The van der Waals surface area contributed by atoms with Crippen LogP contribution in [0.3, 0.4) is 0 Å².